The number of likely N-dealkylation sites (N-methyl/N-ethyl adjacent to an activating group) is 1. The maximum atomic E-state index is 13.8. The molecule has 7 nitrogen and oxygen atoms in total. The topological polar surface area (TPSA) is 85.5 Å². The van der Waals surface area contributed by atoms with Crippen molar-refractivity contribution in [2.24, 2.45) is 0 Å². The smallest absolute Gasteiger partial charge is 0.264 e. The Kier molecular flexibility index (Phi) is 5.82. The van der Waals surface area contributed by atoms with Gasteiger partial charge in [-0.05, 0) is 24.3 Å². The standard InChI is InChI=1S/C18H18FN3O4S/c1-22(27(23,24)16-10-6-5-9-15(16)19)12-11-17-20-18(26-21-17)13-25-14-7-3-2-4-8-14/h2-10H,11-13H2,1H3. The summed E-state index contributed by atoms with van der Waals surface area (Å²) in [6.45, 7) is 0.190. The molecule has 0 aliphatic rings. The van der Waals surface area contributed by atoms with Crippen molar-refractivity contribution in [3.05, 3.63) is 72.1 Å². The van der Waals surface area contributed by atoms with Crippen molar-refractivity contribution in [3.8, 4) is 5.75 Å². The molecule has 0 N–H and O–H groups in total. The largest absolute Gasteiger partial charge is 0.484 e. The molecule has 0 radical (unpaired) electrons. The normalized spacial score (nSPS) is 11.7. The van der Waals surface area contributed by atoms with E-state index in [0.29, 0.717) is 11.6 Å². The van der Waals surface area contributed by atoms with Gasteiger partial charge in [0, 0.05) is 20.0 Å². The molecule has 3 rings (SSSR count). The van der Waals surface area contributed by atoms with Crippen molar-refractivity contribution >= 4 is 10.0 Å². The van der Waals surface area contributed by atoms with E-state index in [0.717, 1.165) is 10.4 Å². The van der Waals surface area contributed by atoms with Gasteiger partial charge in [-0.2, -0.15) is 4.98 Å². The van der Waals surface area contributed by atoms with Crippen molar-refractivity contribution < 1.29 is 22.1 Å². The first-order chi connectivity index (χ1) is 13.0. The van der Waals surface area contributed by atoms with E-state index in [1.54, 1.807) is 12.1 Å². The molecule has 0 saturated heterocycles. The number of hydrogen-bond acceptors (Lipinski definition) is 6. The van der Waals surface area contributed by atoms with E-state index >= 15 is 0 Å². The highest BCUT2D eigenvalue weighted by Gasteiger charge is 2.24. The Balaban J connectivity index is 1.57. The summed E-state index contributed by atoms with van der Waals surface area (Å²) >= 11 is 0. The van der Waals surface area contributed by atoms with Crippen LogP contribution in [0, 0.1) is 5.82 Å². The van der Waals surface area contributed by atoms with Crippen LogP contribution in [0.3, 0.4) is 0 Å². The zero-order valence-electron chi connectivity index (χ0n) is 14.6. The third-order valence-corrected chi connectivity index (χ3v) is 5.68. The highest BCUT2D eigenvalue weighted by Crippen LogP contribution is 2.18. The third-order valence-electron chi connectivity index (χ3n) is 3.79. The maximum absolute atomic E-state index is 13.8. The highest BCUT2D eigenvalue weighted by molar-refractivity contribution is 7.89. The van der Waals surface area contributed by atoms with Gasteiger partial charge in [-0.15, -0.1) is 0 Å². The van der Waals surface area contributed by atoms with Gasteiger partial charge >= 0.3 is 0 Å². The zero-order chi connectivity index (χ0) is 19.3. The van der Waals surface area contributed by atoms with Crippen LogP contribution >= 0.6 is 0 Å². The van der Waals surface area contributed by atoms with Gasteiger partial charge in [0.15, 0.2) is 12.4 Å². The van der Waals surface area contributed by atoms with Crippen LogP contribution in [0.5, 0.6) is 5.75 Å². The zero-order valence-corrected chi connectivity index (χ0v) is 15.4. The summed E-state index contributed by atoms with van der Waals surface area (Å²) in [6, 6.07) is 14.4. The van der Waals surface area contributed by atoms with Gasteiger partial charge in [-0.1, -0.05) is 35.5 Å². The van der Waals surface area contributed by atoms with Crippen LogP contribution in [0.25, 0.3) is 0 Å². The summed E-state index contributed by atoms with van der Waals surface area (Å²) < 4.78 is 50.3. The number of halogens is 1. The van der Waals surface area contributed by atoms with Gasteiger partial charge in [0.2, 0.25) is 10.0 Å². The Labute approximate surface area is 156 Å². The minimum atomic E-state index is -3.93. The molecule has 0 atom stereocenters. The van der Waals surface area contributed by atoms with E-state index in [9.17, 15) is 12.8 Å². The Hall–Kier alpha value is -2.78. The van der Waals surface area contributed by atoms with Crippen LogP contribution in [0.1, 0.15) is 11.7 Å². The lowest BCUT2D eigenvalue weighted by molar-refractivity contribution is 0.242. The first-order valence-electron chi connectivity index (χ1n) is 8.17. The van der Waals surface area contributed by atoms with E-state index < -0.39 is 15.8 Å². The first-order valence-corrected chi connectivity index (χ1v) is 9.61. The second kappa shape index (κ2) is 8.28. The van der Waals surface area contributed by atoms with Crippen LogP contribution in [0.4, 0.5) is 4.39 Å². The van der Waals surface area contributed by atoms with Crippen molar-refractivity contribution in [1.29, 1.82) is 0 Å². The lowest BCUT2D eigenvalue weighted by Gasteiger charge is -2.16. The number of para-hydroxylation sites is 1. The molecule has 2 aromatic carbocycles. The number of sulfonamides is 1. The lowest BCUT2D eigenvalue weighted by Crippen LogP contribution is -2.29. The predicted octanol–water partition coefficient (Wildman–Crippen LogP) is 2.65. The Bertz CT molecular complexity index is 993. The summed E-state index contributed by atoms with van der Waals surface area (Å²) in [5.74, 6) is 0.517. The van der Waals surface area contributed by atoms with Gasteiger partial charge in [0.1, 0.15) is 16.5 Å². The van der Waals surface area contributed by atoms with E-state index in [2.05, 4.69) is 10.1 Å². The molecule has 0 fully saturated rings. The number of ether oxygens (including phenoxy) is 1. The molecule has 1 aromatic heterocycles. The maximum Gasteiger partial charge on any atom is 0.264 e. The molecular formula is C18H18FN3O4S. The average Bonchev–Trinajstić information content (AvgIpc) is 3.13. The molecule has 0 amide bonds. The molecule has 0 unspecified atom stereocenters. The van der Waals surface area contributed by atoms with Crippen LogP contribution in [-0.4, -0.2) is 36.5 Å². The van der Waals surface area contributed by atoms with Crippen LogP contribution < -0.4 is 4.74 Å². The molecule has 0 aliphatic heterocycles. The Morgan fingerprint density at radius 1 is 1.11 bits per heavy atom. The van der Waals surface area contributed by atoms with Crippen LogP contribution in [0.15, 0.2) is 64.0 Å². The predicted molar refractivity (Wildman–Crippen MR) is 95.0 cm³/mol. The van der Waals surface area contributed by atoms with Gasteiger partial charge in [-0.25, -0.2) is 17.1 Å². The fourth-order valence-corrected chi connectivity index (χ4v) is 3.54. The molecule has 0 saturated carbocycles. The van der Waals surface area contributed by atoms with Gasteiger partial charge in [0.05, 0.1) is 0 Å². The molecule has 9 heteroatoms. The molecule has 0 aliphatic carbocycles. The monoisotopic (exact) mass is 391 g/mol. The highest BCUT2D eigenvalue weighted by atomic mass is 32.2. The summed E-state index contributed by atoms with van der Waals surface area (Å²) in [5, 5.41) is 3.81. The summed E-state index contributed by atoms with van der Waals surface area (Å²) in [5.41, 5.74) is 0. The third kappa shape index (κ3) is 4.69. The Morgan fingerprint density at radius 3 is 2.56 bits per heavy atom. The quantitative estimate of drug-likeness (QED) is 0.587. The number of aromatic nitrogens is 2. The van der Waals surface area contributed by atoms with E-state index in [-0.39, 0.29) is 30.4 Å². The molecule has 1 heterocycles. The minimum absolute atomic E-state index is 0.0786. The second-order valence-corrected chi connectivity index (χ2v) is 7.73. The van der Waals surface area contributed by atoms with Gasteiger partial charge < -0.3 is 9.26 Å². The molecule has 3 aromatic rings. The second-order valence-electron chi connectivity index (χ2n) is 5.71. The van der Waals surface area contributed by atoms with Gasteiger partial charge in [-0.3, -0.25) is 0 Å². The number of benzene rings is 2. The van der Waals surface area contributed by atoms with Crippen molar-refractivity contribution in [3.63, 3.8) is 0 Å². The minimum Gasteiger partial charge on any atom is -0.484 e. The molecule has 0 bridgehead atoms. The number of hydrogen-bond donors (Lipinski definition) is 0. The summed E-state index contributed by atoms with van der Waals surface area (Å²) in [6.07, 6.45) is 0.221. The van der Waals surface area contributed by atoms with E-state index in [1.807, 2.05) is 18.2 Å². The number of rotatable bonds is 8. The van der Waals surface area contributed by atoms with Gasteiger partial charge in [0.25, 0.3) is 5.89 Å². The summed E-state index contributed by atoms with van der Waals surface area (Å²) in [4.78, 5) is 3.81. The van der Waals surface area contributed by atoms with Crippen LogP contribution in [0.2, 0.25) is 0 Å². The first kappa shape index (κ1) is 19.0. The molecular weight excluding hydrogens is 373 g/mol. The summed E-state index contributed by atoms with van der Waals surface area (Å²) in [7, 11) is -2.56. The SMILES string of the molecule is CN(CCc1noc(COc2ccccc2)n1)S(=O)(=O)c1ccccc1F. The Morgan fingerprint density at radius 2 is 1.81 bits per heavy atom. The van der Waals surface area contributed by atoms with Crippen molar-refractivity contribution in [1.82, 2.24) is 14.4 Å². The fraction of sp³-hybridized carbons (Fsp3) is 0.222. The average molecular weight is 391 g/mol. The lowest BCUT2D eigenvalue weighted by atomic mass is 10.3. The van der Waals surface area contributed by atoms with Crippen molar-refractivity contribution in [2.45, 2.75) is 17.9 Å². The van der Waals surface area contributed by atoms with Crippen molar-refractivity contribution in [2.75, 3.05) is 13.6 Å². The number of nitrogens with zero attached hydrogens (tertiary/aromatic N) is 3. The molecule has 142 valence electrons. The fourth-order valence-electron chi connectivity index (χ4n) is 2.31. The van der Waals surface area contributed by atoms with E-state index in [4.69, 9.17) is 9.26 Å². The van der Waals surface area contributed by atoms with Crippen LogP contribution in [-0.2, 0) is 23.1 Å². The molecule has 0 spiro atoms. The van der Waals surface area contributed by atoms with E-state index in [1.165, 1.54) is 25.2 Å². The molecule has 27 heavy (non-hydrogen) atoms.